The third kappa shape index (κ3) is 7.02. The van der Waals surface area contributed by atoms with Crippen molar-refractivity contribution in [2.75, 3.05) is 43.6 Å². The Labute approximate surface area is 133 Å². The zero-order valence-electron chi connectivity index (χ0n) is 12.6. The van der Waals surface area contributed by atoms with Crippen LogP contribution in [0, 0.1) is 0 Å². The lowest BCUT2D eigenvalue weighted by Gasteiger charge is -2.17. The van der Waals surface area contributed by atoms with Crippen molar-refractivity contribution in [3.63, 3.8) is 0 Å². The second kappa shape index (κ2) is 8.98. The first-order chi connectivity index (χ1) is 10.4. The quantitative estimate of drug-likeness (QED) is 0.538. The van der Waals surface area contributed by atoms with Crippen molar-refractivity contribution in [2.45, 2.75) is 13.8 Å². The number of carbonyl (C=O) groups excluding carboxylic acids is 2. The van der Waals surface area contributed by atoms with Crippen molar-refractivity contribution in [2.24, 2.45) is 0 Å². The van der Waals surface area contributed by atoms with E-state index in [0.29, 0.717) is 19.0 Å². The van der Waals surface area contributed by atoms with Gasteiger partial charge in [-0.1, -0.05) is 0 Å². The number of nitrogens with zero attached hydrogens (tertiary/aromatic N) is 4. The smallest absolute Gasteiger partial charge is 0.302 e. The van der Waals surface area contributed by atoms with E-state index in [1.165, 1.54) is 13.8 Å². The first-order valence-electron chi connectivity index (χ1n) is 6.52. The molecule has 0 aliphatic heterocycles. The van der Waals surface area contributed by atoms with Crippen molar-refractivity contribution in [1.29, 1.82) is 0 Å². The molecule has 1 aromatic rings. The third-order valence-corrected chi connectivity index (χ3v) is 2.53. The van der Waals surface area contributed by atoms with Gasteiger partial charge >= 0.3 is 11.9 Å². The Balaban J connectivity index is 2.56. The van der Waals surface area contributed by atoms with Crippen molar-refractivity contribution < 1.29 is 19.1 Å². The first kappa shape index (κ1) is 17.9. The topological polar surface area (TPSA) is 107 Å². The number of halogens is 1. The Morgan fingerprint density at radius 2 is 1.77 bits per heavy atom. The minimum atomic E-state index is -0.360. The Morgan fingerprint density at radius 1 is 1.14 bits per heavy atom. The summed E-state index contributed by atoms with van der Waals surface area (Å²) in [5, 5.41) is 2.90. The Kier molecular flexibility index (Phi) is 7.30. The summed E-state index contributed by atoms with van der Waals surface area (Å²) in [7, 11) is 1.73. The van der Waals surface area contributed by atoms with Gasteiger partial charge in [0.1, 0.15) is 13.2 Å². The zero-order valence-corrected chi connectivity index (χ0v) is 13.4. The minimum absolute atomic E-state index is 0.0272. The number of carbonyl (C=O) groups is 2. The molecule has 0 bridgehead atoms. The lowest BCUT2D eigenvalue weighted by molar-refractivity contribution is -0.141. The van der Waals surface area contributed by atoms with Gasteiger partial charge < -0.3 is 19.7 Å². The standard InChI is InChI=1S/C12H18ClN5O4/c1-8(19)21-6-4-14-11-15-10(13)16-12(17-11)18(3)5-7-22-9(2)20/h4-7H2,1-3H3,(H,14,15,16,17). The molecule has 0 radical (unpaired) electrons. The fraction of sp³-hybridized carbons (Fsp3) is 0.583. The minimum Gasteiger partial charge on any atom is -0.464 e. The number of likely N-dealkylation sites (N-methyl/N-ethyl adjacent to an activating group) is 1. The average Bonchev–Trinajstić information content (AvgIpc) is 2.42. The van der Waals surface area contributed by atoms with Crippen LogP contribution in [0.5, 0.6) is 0 Å². The molecule has 0 amide bonds. The molecule has 0 spiro atoms. The summed E-state index contributed by atoms with van der Waals surface area (Å²) in [6, 6.07) is 0. The van der Waals surface area contributed by atoms with E-state index in [1.54, 1.807) is 11.9 Å². The van der Waals surface area contributed by atoms with Crippen LogP contribution in [0.15, 0.2) is 0 Å². The van der Waals surface area contributed by atoms with Gasteiger partial charge in [-0.2, -0.15) is 15.0 Å². The van der Waals surface area contributed by atoms with Crippen molar-refractivity contribution in [3.8, 4) is 0 Å². The molecule has 0 unspecified atom stereocenters. The molecule has 122 valence electrons. The number of anilines is 2. The molecule has 1 rings (SSSR count). The SMILES string of the molecule is CC(=O)OCCNc1nc(Cl)nc(N(C)CCOC(C)=O)n1. The molecule has 22 heavy (non-hydrogen) atoms. The summed E-state index contributed by atoms with van der Waals surface area (Å²) in [5.41, 5.74) is 0. The molecule has 0 atom stereocenters. The van der Waals surface area contributed by atoms with Crippen LogP contribution in [0.25, 0.3) is 0 Å². The molecule has 10 heteroatoms. The molecule has 0 aliphatic carbocycles. The van der Waals surface area contributed by atoms with E-state index in [-0.39, 0.29) is 36.4 Å². The summed E-state index contributed by atoms with van der Waals surface area (Å²) in [6.45, 7) is 3.82. The maximum atomic E-state index is 10.7. The van der Waals surface area contributed by atoms with E-state index in [4.69, 9.17) is 21.1 Å². The maximum absolute atomic E-state index is 10.7. The first-order valence-corrected chi connectivity index (χ1v) is 6.89. The van der Waals surface area contributed by atoms with Gasteiger partial charge in [0, 0.05) is 20.9 Å². The lowest BCUT2D eigenvalue weighted by Crippen LogP contribution is -2.26. The van der Waals surface area contributed by atoms with E-state index in [9.17, 15) is 9.59 Å². The van der Waals surface area contributed by atoms with E-state index in [2.05, 4.69) is 20.3 Å². The second-order valence-corrected chi connectivity index (χ2v) is 4.59. The predicted octanol–water partition coefficient (Wildman–Crippen LogP) is 0.499. The average molecular weight is 332 g/mol. The van der Waals surface area contributed by atoms with Gasteiger partial charge in [0.05, 0.1) is 13.1 Å². The molecule has 0 saturated carbocycles. The molecule has 1 heterocycles. The fourth-order valence-corrected chi connectivity index (χ4v) is 1.53. The zero-order chi connectivity index (χ0) is 16.5. The van der Waals surface area contributed by atoms with Crippen LogP contribution < -0.4 is 10.2 Å². The number of nitrogens with one attached hydrogen (secondary N) is 1. The Morgan fingerprint density at radius 3 is 2.41 bits per heavy atom. The predicted molar refractivity (Wildman–Crippen MR) is 79.9 cm³/mol. The number of hydrogen-bond acceptors (Lipinski definition) is 9. The van der Waals surface area contributed by atoms with Gasteiger partial charge in [-0.3, -0.25) is 9.59 Å². The Bertz CT molecular complexity index is 528. The number of esters is 2. The van der Waals surface area contributed by atoms with Crippen molar-refractivity contribution in [1.82, 2.24) is 15.0 Å². The Hall–Kier alpha value is -2.16. The van der Waals surface area contributed by atoms with Gasteiger partial charge in [-0.15, -0.1) is 0 Å². The van der Waals surface area contributed by atoms with Gasteiger partial charge in [-0.25, -0.2) is 0 Å². The molecule has 9 nitrogen and oxygen atoms in total. The highest BCUT2D eigenvalue weighted by molar-refractivity contribution is 6.28. The fourth-order valence-electron chi connectivity index (χ4n) is 1.37. The highest BCUT2D eigenvalue weighted by Gasteiger charge is 2.10. The van der Waals surface area contributed by atoms with Crippen LogP contribution in [-0.4, -0.2) is 60.2 Å². The molecular formula is C12H18ClN5O4. The van der Waals surface area contributed by atoms with Crippen LogP contribution >= 0.6 is 11.6 Å². The lowest BCUT2D eigenvalue weighted by atomic mass is 10.6. The van der Waals surface area contributed by atoms with Crippen LogP contribution in [0.2, 0.25) is 5.28 Å². The molecule has 0 fully saturated rings. The summed E-state index contributed by atoms with van der Waals surface area (Å²) < 4.78 is 9.63. The van der Waals surface area contributed by atoms with E-state index in [1.807, 2.05) is 0 Å². The normalized spacial score (nSPS) is 10.0. The second-order valence-electron chi connectivity index (χ2n) is 4.26. The van der Waals surface area contributed by atoms with Crippen LogP contribution in [0.4, 0.5) is 11.9 Å². The highest BCUT2D eigenvalue weighted by atomic mass is 35.5. The summed E-state index contributed by atoms with van der Waals surface area (Å²) >= 11 is 5.84. The molecule has 0 saturated heterocycles. The molecule has 1 N–H and O–H groups in total. The molecule has 1 aromatic heterocycles. The van der Waals surface area contributed by atoms with Gasteiger partial charge in [0.15, 0.2) is 0 Å². The molecule has 0 aliphatic rings. The number of ether oxygens (including phenoxy) is 2. The number of hydrogen-bond donors (Lipinski definition) is 1. The maximum Gasteiger partial charge on any atom is 0.302 e. The van der Waals surface area contributed by atoms with Crippen LogP contribution in [-0.2, 0) is 19.1 Å². The van der Waals surface area contributed by atoms with Crippen molar-refractivity contribution >= 4 is 35.4 Å². The molecular weight excluding hydrogens is 314 g/mol. The summed E-state index contributed by atoms with van der Waals surface area (Å²) in [6.07, 6.45) is 0. The van der Waals surface area contributed by atoms with Gasteiger partial charge in [-0.05, 0) is 11.6 Å². The highest BCUT2D eigenvalue weighted by Crippen LogP contribution is 2.12. The monoisotopic (exact) mass is 331 g/mol. The van der Waals surface area contributed by atoms with Crippen LogP contribution in [0.1, 0.15) is 13.8 Å². The molecule has 0 aromatic carbocycles. The van der Waals surface area contributed by atoms with Gasteiger partial charge in [0.2, 0.25) is 17.2 Å². The number of rotatable bonds is 8. The number of aromatic nitrogens is 3. The van der Waals surface area contributed by atoms with E-state index in [0.717, 1.165) is 0 Å². The largest absolute Gasteiger partial charge is 0.464 e. The third-order valence-electron chi connectivity index (χ3n) is 2.36. The van der Waals surface area contributed by atoms with E-state index >= 15 is 0 Å². The van der Waals surface area contributed by atoms with E-state index < -0.39 is 0 Å². The van der Waals surface area contributed by atoms with Gasteiger partial charge in [0.25, 0.3) is 0 Å². The summed E-state index contributed by atoms with van der Waals surface area (Å²) in [4.78, 5) is 35.1. The summed E-state index contributed by atoms with van der Waals surface area (Å²) in [5.74, 6) is -0.111. The van der Waals surface area contributed by atoms with Crippen molar-refractivity contribution in [3.05, 3.63) is 5.28 Å². The van der Waals surface area contributed by atoms with Crippen LogP contribution in [0.3, 0.4) is 0 Å².